The van der Waals surface area contributed by atoms with Crippen LogP contribution in [0.4, 0.5) is 0 Å². The maximum atomic E-state index is 13.4. The summed E-state index contributed by atoms with van der Waals surface area (Å²) in [6.07, 6.45) is 2.08. The van der Waals surface area contributed by atoms with Gasteiger partial charge in [-0.1, -0.05) is 18.2 Å². The Labute approximate surface area is 211 Å². The highest BCUT2D eigenvalue weighted by atomic mass is 32.2. The smallest absolute Gasteiger partial charge is 0.266 e. The molecule has 1 fully saturated rings. The van der Waals surface area contributed by atoms with Crippen molar-refractivity contribution < 1.29 is 27.8 Å². The maximum Gasteiger partial charge on any atom is 0.266 e. The molecule has 4 rings (SSSR count). The van der Waals surface area contributed by atoms with Crippen LogP contribution in [0.3, 0.4) is 0 Å². The number of carbonyl (C=O) groups is 1. The molecule has 2 aliphatic rings. The van der Waals surface area contributed by atoms with Crippen LogP contribution in [0.15, 0.2) is 64.5 Å². The lowest BCUT2D eigenvalue weighted by atomic mass is 9.90. The second-order valence-corrected chi connectivity index (χ2v) is 11.3. The predicted octanol–water partition coefficient (Wildman–Crippen LogP) is 2.25. The van der Waals surface area contributed by atoms with Gasteiger partial charge in [0, 0.05) is 25.1 Å². The van der Waals surface area contributed by atoms with Crippen molar-refractivity contribution >= 4 is 21.6 Å². The van der Waals surface area contributed by atoms with Crippen LogP contribution in [0.2, 0.25) is 0 Å². The van der Waals surface area contributed by atoms with E-state index in [0.717, 1.165) is 12.8 Å². The van der Waals surface area contributed by atoms with Crippen molar-refractivity contribution in [1.82, 2.24) is 10.9 Å². The van der Waals surface area contributed by atoms with Crippen molar-refractivity contribution in [3.05, 3.63) is 60.2 Å². The number of aliphatic hydroxyl groups excluding tert-OH is 1. The third-order valence-electron chi connectivity index (χ3n) is 6.47. The summed E-state index contributed by atoms with van der Waals surface area (Å²) in [5.41, 5.74) is 4.96. The Morgan fingerprint density at radius 3 is 2.56 bits per heavy atom. The van der Waals surface area contributed by atoms with E-state index in [1.807, 2.05) is 0 Å². The first kappa shape index (κ1) is 26.1. The van der Waals surface area contributed by atoms with Crippen LogP contribution in [0.1, 0.15) is 38.2 Å². The molecular weight excluding hydrogens is 482 g/mol. The summed E-state index contributed by atoms with van der Waals surface area (Å²) in [6, 6.07) is 15.3. The molecule has 0 radical (unpaired) electrons. The normalized spacial score (nSPS) is 21.5. The molecule has 0 spiro atoms. The number of sulfone groups is 1. The number of hydrogen-bond donors (Lipinski definition) is 3. The Balaban J connectivity index is 1.55. The van der Waals surface area contributed by atoms with E-state index in [1.165, 1.54) is 0 Å². The van der Waals surface area contributed by atoms with Crippen LogP contribution in [0.5, 0.6) is 5.75 Å². The minimum absolute atomic E-state index is 0.0335. The summed E-state index contributed by atoms with van der Waals surface area (Å²) >= 11 is 0. The molecule has 1 amide bonds. The highest BCUT2D eigenvalue weighted by Gasteiger charge is 2.51. The summed E-state index contributed by atoms with van der Waals surface area (Å²) in [7, 11) is -3.63. The van der Waals surface area contributed by atoms with Crippen LogP contribution < -0.4 is 15.6 Å². The van der Waals surface area contributed by atoms with Gasteiger partial charge in [-0.05, 0) is 68.5 Å². The topological polar surface area (TPSA) is 126 Å². The maximum absolute atomic E-state index is 13.4. The quantitative estimate of drug-likeness (QED) is 0.276. The zero-order chi connectivity index (χ0) is 25.6. The number of benzene rings is 2. The number of rotatable bonds is 13. The number of amides is 1. The van der Waals surface area contributed by atoms with Gasteiger partial charge in [0.05, 0.1) is 17.3 Å². The summed E-state index contributed by atoms with van der Waals surface area (Å²) in [5, 5.41) is 8.91. The standard InChI is InChI=1S/C26H33N3O6S/c1-19-26(25(31)29-27-18-20-8-9-20,14-17-36(32,33)23-6-3-2-4-7-23)28-24(35-19)21-10-12-22(13-11-21)34-16-5-15-30/h2-4,6-7,10-13,19-20,27,30H,5,8-9,14-18H2,1H3,(H,29,31)/t19-,26-/m0/s1. The third-order valence-corrected chi connectivity index (χ3v) is 8.20. The van der Waals surface area contributed by atoms with E-state index < -0.39 is 27.4 Å². The minimum Gasteiger partial charge on any atom is -0.494 e. The van der Waals surface area contributed by atoms with Gasteiger partial charge in [-0.2, -0.15) is 0 Å². The number of ether oxygens (including phenoxy) is 2. The Morgan fingerprint density at radius 1 is 1.17 bits per heavy atom. The van der Waals surface area contributed by atoms with E-state index in [-0.39, 0.29) is 29.6 Å². The van der Waals surface area contributed by atoms with Crippen LogP contribution in [0, 0.1) is 5.92 Å². The lowest BCUT2D eigenvalue weighted by molar-refractivity contribution is -0.129. The highest BCUT2D eigenvalue weighted by molar-refractivity contribution is 7.91. The molecular formula is C26H33N3O6S. The molecule has 0 bridgehead atoms. The molecule has 36 heavy (non-hydrogen) atoms. The Kier molecular flexibility index (Phi) is 8.28. The number of hydrogen-bond acceptors (Lipinski definition) is 8. The zero-order valence-electron chi connectivity index (χ0n) is 20.4. The first-order valence-electron chi connectivity index (χ1n) is 12.3. The van der Waals surface area contributed by atoms with Gasteiger partial charge < -0.3 is 14.6 Å². The van der Waals surface area contributed by atoms with Gasteiger partial charge in [0.25, 0.3) is 5.91 Å². The highest BCUT2D eigenvalue weighted by Crippen LogP contribution is 2.34. The van der Waals surface area contributed by atoms with E-state index in [0.29, 0.717) is 36.8 Å². The van der Waals surface area contributed by atoms with Crippen molar-refractivity contribution in [3.8, 4) is 5.75 Å². The van der Waals surface area contributed by atoms with Crippen molar-refractivity contribution in [3.63, 3.8) is 0 Å². The Hall–Kier alpha value is -2.95. The second kappa shape index (κ2) is 11.4. The average molecular weight is 516 g/mol. The van der Waals surface area contributed by atoms with Crippen LogP contribution in [-0.4, -0.2) is 62.5 Å². The average Bonchev–Trinajstić information content (AvgIpc) is 3.65. The second-order valence-electron chi connectivity index (χ2n) is 9.21. The summed E-state index contributed by atoms with van der Waals surface area (Å²) in [4.78, 5) is 18.3. The van der Waals surface area contributed by atoms with Gasteiger partial charge in [-0.15, -0.1) is 0 Å². The lowest BCUT2D eigenvalue weighted by Crippen LogP contribution is -2.55. The number of carbonyl (C=O) groups excluding carboxylic acids is 1. The van der Waals surface area contributed by atoms with Gasteiger partial charge in [-0.3, -0.25) is 10.2 Å². The van der Waals surface area contributed by atoms with Crippen LogP contribution in [-0.2, 0) is 19.4 Å². The zero-order valence-corrected chi connectivity index (χ0v) is 21.2. The first-order chi connectivity index (χ1) is 17.3. The summed E-state index contributed by atoms with van der Waals surface area (Å²) < 4.78 is 37.6. The van der Waals surface area contributed by atoms with Crippen LogP contribution >= 0.6 is 0 Å². The molecule has 2 atom stereocenters. The molecule has 2 aromatic rings. The molecule has 1 saturated carbocycles. The summed E-state index contributed by atoms with van der Waals surface area (Å²) in [6.45, 7) is 2.85. The molecule has 0 aromatic heterocycles. The van der Waals surface area contributed by atoms with Crippen molar-refractivity contribution in [2.45, 2.75) is 49.1 Å². The van der Waals surface area contributed by atoms with E-state index >= 15 is 0 Å². The van der Waals surface area contributed by atoms with Gasteiger partial charge in [-0.25, -0.2) is 18.8 Å². The number of aliphatic hydroxyl groups is 1. The number of aliphatic imine (C=N–C) groups is 1. The SMILES string of the molecule is C[C@@H]1OC(c2ccc(OCCCO)cc2)=N[C@]1(CCS(=O)(=O)c1ccccc1)C(=O)NNCC1CC1. The number of hydrazine groups is 1. The molecule has 9 nitrogen and oxygen atoms in total. The summed E-state index contributed by atoms with van der Waals surface area (Å²) in [5.74, 6) is 0.793. The predicted molar refractivity (Wildman–Crippen MR) is 135 cm³/mol. The molecule has 10 heteroatoms. The van der Waals surface area contributed by atoms with E-state index in [4.69, 9.17) is 19.6 Å². The minimum atomic E-state index is -3.63. The molecule has 1 aliphatic carbocycles. The largest absolute Gasteiger partial charge is 0.494 e. The Morgan fingerprint density at radius 2 is 1.89 bits per heavy atom. The number of nitrogens with one attached hydrogen (secondary N) is 2. The molecule has 2 aromatic carbocycles. The van der Waals surface area contributed by atoms with Gasteiger partial charge >= 0.3 is 0 Å². The van der Waals surface area contributed by atoms with E-state index in [9.17, 15) is 13.2 Å². The molecule has 1 aliphatic heterocycles. The van der Waals surface area contributed by atoms with E-state index in [1.54, 1.807) is 61.5 Å². The lowest BCUT2D eigenvalue weighted by Gasteiger charge is -2.28. The fourth-order valence-corrected chi connectivity index (χ4v) is 5.38. The van der Waals surface area contributed by atoms with Crippen molar-refractivity contribution in [2.24, 2.45) is 10.9 Å². The molecule has 3 N–H and O–H groups in total. The molecule has 194 valence electrons. The molecule has 1 heterocycles. The van der Waals surface area contributed by atoms with E-state index in [2.05, 4.69) is 10.9 Å². The van der Waals surface area contributed by atoms with Gasteiger partial charge in [0.2, 0.25) is 5.90 Å². The third kappa shape index (κ3) is 6.24. The number of nitrogens with zero attached hydrogens (tertiary/aromatic N) is 1. The first-order valence-corrected chi connectivity index (χ1v) is 13.9. The molecule has 0 saturated heterocycles. The van der Waals surface area contributed by atoms with Crippen molar-refractivity contribution in [1.29, 1.82) is 0 Å². The van der Waals surface area contributed by atoms with Gasteiger partial charge in [0.15, 0.2) is 15.4 Å². The fourth-order valence-electron chi connectivity index (χ4n) is 3.99. The molecule has 0 unspecified atom stereocenters. The van der Waals surface area contributed by atoms with Crippen molar-refractivity contribution in [2.75, 3.05) is 25.5 Å². The van der Waals surface area contributed by atoms with Crippen LogP contribution in [0.25, 0.3) is 0 Å². The van der Waals surface area contributed by atoms with Gasteiger partial charge in [0.1, 0.15) is 11.9 Å². The monoisotopic (exact) mass is 515 g/mol. The fraction of sp³-hybridized carbons (Fsp3) is 0.462. The Bertz CT molecular complexity index is 1170.